The number of benzene rings is 1. The molecule has 1 N–H and O–H groups in total. The van der Waals surface area contributed by atoms with Crippen molar-refractivity contribution in [3.05, 3.63) is 51.3 Å². The molecule has 1 aromatic heterocycles. The van der Waals surface area contributed by atoms with Crippen LogP contribution in [-0.4, -0.2) is 14.9 Å². The molecular weight excluding hydrogens is 295 g/mol. The topological polar surface area (TPSA) is 38.0 Å². The predicted octanol–water partition coefficient (Wildman–Crippen LogP) is 4.13. The molecule has 0 spiro atoms. The Hall–Kier alpha value is -1.03. The number of aliphatic hydroxyl groups excluding tert-OH is 1. The molecule has 5 heteroatoms. The van der Waals surface area contributed by atoms with Gasteiger partial charge in [0.2, 0.25) is 0 Å². The van der Waals surface area contributed by atoms with E-state index in [1.54, 1.807) is 11.7 Å². The third kappa shape index (κ3) is 3.17. The highest BCUT2D eigenvalue weighted by atomic mass is 35.5. The molecule has 0 bridgehead atoms. The summed E-state index contributed by atoms with van der Waals surface area (Å²) in [5, 5.41) is 16.0. The number of hydrogen-bond acceptors (Lipinski definition) is 2. The van der Waals surface area contributed by atoms with Crippen molar-refractivity contribution < 1.29 is 5.11 Å². The highest BCUT2D eigenvalue weighted by Gasteiger charge is 2.23. The minimum Gasteiger partial charge on any atom is -0.388 e. The van der Waals surface area contributed by atoms with Crippen molar-refractivity contribution in [2.24, 2.45) is 7.05 Å². The SMILES string of the molecule is CC(C)c1nn(C)c(Cl)c1C(O)Cc1cccc(Cl)c1. The van der Waals surface area contributed by atoms with Crippen molar-refractivity contribution in [1.29, 1.82) is 0 Å². The van der Waals surface area contributed by atoms with Crippen molar-refractivity contribution >= 4 is 23.2 Å². The second kappa shape index (κ2) is 6.17. The zero-order valence-electron chi connectivity index (χ0n) is 11.8. The first-order chi connectivity index (χ1) is 9.40. The van der Waals surface area contributed by atoms with Crippen LogP contribution in [0.3, 0.4) is 0 Å². The second-order valence-electron chi connectivity index (χ2n) is 5.22. The summed E-state index contributed by atoms with van der Waals surface area (Å²) in [6.07, 6.45) is -0.224. The number of hydrogen-bond donors (Lipinski definition) is 1. The smallest absolute Gasteiger partial charge is 0.132 e. The van der Waals surface area contributed by atoms with E-state index in [0.717, 1.165) is 11.3 Å². The summed E-state index contributed by atoms with van der Waals surface area (Å²) in [4.78, 5) is 0. The molecule has 0 aliphatic carbocycles. The van der Waals surface area contributed by atoms with Crippen molar-refractivity contribution in [3.63, 3.8) is 0 Å². The van der Waals surface area contributed by atoms with E-state index in [1.165, 1.54) is 0 Å². The van der Waals surface area contributed by atoms with Crippen LogP contribution in [0.5, 0.6) is 0 Å². The van der Waals surface area contributed by atoms with E-state index < -0.39 is 6.10 Å². The summed E-state index contributed by atoms with van der Waals surface area (Å²) in [5.41, 5.74) is 2.52. The van der Waals surface area contributed by atoms with E-state index in [1.807, 2.05) is 38.1 Å². The van der Waals surface area contributed by atoms with E-state index >= 15 is 0 Å². The van der Waals surface area contributed by atoms with Crippen molar-refractivity contribution in [2.45, 2.75) is 32.3 Å². The van der Waals surface area contributed by atoms with Gasteiger partial charge in [-0.15, -0.1) is 0 Å². The number of nitrogens with zero attached hydrogens (tertiary/aromatic N) is 2. The van der Waals surface area contributed by atoms with Gasteiger partial charge >= 0.3 is 0 Å². The average molecular weight is 313 g/mol. The first-order valence-electron chi connectivity index (χ1n) is 6.55. The Morgan fingerprint density at radius 3 is 2.60 bits per heavy atom. The Morgan fingerprint density at radius 1 is 1.30 bits per heavy atom. The molecule has 0 radical (unpaired) electrons. The van der Waals surface area contributed by atoms with Gasteiger partial charge in [-0.25, -0.2) is 0 Å². The summed E-state index contributed by atoms with van der Waals surface area (Å²) >= 11 is 12.2. The van der Waals surface area contributed by atoms with Crippen LogP contribution in [-0.2, 0) is 13.5 Å². The van der Waals surface area contributed by atoms with Crippen molar-refractivity contribution in [3.8, 4) is 0 Å². The minimum atomic E-state index is -0.688. The second-order valence-corrected chi connectivity index (χ2v) is 6.01. The molecule has 0 saturated heterocycles. The van der Waals surface area contributed by atoms with E-state index in [2.05, 4.69) is 5.10 Å². The van der Waals surface area contributed by atoms with Crippen molar-refractivity contribution in [2.75, 3.05) is 0 Å². The van der Waals surface area contributed by atoms with Crippen LogP contribution in [0.25, 0.3) is 0 Å². The predicted molar refractivity (Wildman–Crippen MR) is 82.4 cm³/mol. The lowest BCUT2D eigenvalue weighted by Crippen LogP contribution is -2.05. The molecule has 1 atom stereocenters. The average Bonchev–Trinajstić information content (AvgIpc) is 2.66. The van der Waals surface area contributed by atoms with Gasteiger partial charge < -0.3 is 5.11 Å². The molecule has 0 amide bonds. The Bertz CT molecular complexity index is 608. The van der Waals surface area contributed by atoms with Crippen molar-refractivity contribution in [1.82, 2.24) is 9.78 Å². The van der Waals surface area contributed by atoms with E-state index in [9.17, 15) is 5.11 Å². The zero-order chi connectivity index (χ0) is 14.9. The van der Waals surface area contributed by atoms with Gasteiger partial charge in [0.1, 0.15) is 5.15 Å². The summed E-state index contributed by atoms with van der Waals surface area (Å²) in [6, 6.07) is 7.48. The molecule has 3 nitrogen and oxygen atoms in total. The Morgan fingerprint density at radius 2 is 2.00 bits per heavy atom. The molecule has 0 fully saturated rings. The van der Waals surface area contributed by atoms with Gasteiger partial charge in [-0.2, -0.15) is 5.10 Å². The van der Waals surface area contributed by atoms with Gasteiger partial charge in [0.25, 0.3) is 0 Å². The van der Waals surface area contributed by atoms with Gasteiger partial charge in [0.15, 0.2) is 0 Å². The zero-order valence-corrected chi connectivity index (χ0v) is 13.3. The molecular formula is C15H18Cl2N2O. The van der Waals surface area contributed by atoms with Crippen LogP contribution >= 0.6 is 23.2 Å². The standard InChI is InChI=1S/C15H18Cl2N2O/c1-9(2)14-13(15(17)19(3)18-14)12(20)8-10-5-4-6-11(16)7-10/h4-7,9,12,20H,8H2,1-3H3. The fourth-order valence-electron chi connectivity index (χ4n) is 2.26. The first kappa shape index (κ1) is 15.4. The molecule has 2 rings (SSSR count). The number of rotatable bonds is 4. The molecule has 2 aromatic rings. The van der Waals surface area contributed by atoms with Crippen LogP contribution in [0.15, 0.2) is 24.3 Å². The van der Waals surface area contributed by atoms with Crippen LogP contribution in [0.2, 0.25) is 10.2 Å². The summed E-state index contributed by atoms with van der Waals surface area (Å²) in [7, 11) is 1.78. The molecule has 1 unspecified atom stereocenters. The summed E-state index contributed by atoms with van der Waals surface area (Å²) < 4.78 is 1.60. The maximum atomic E-state index is 10.5. The highest BCUT2D eigenvalue weighted by Crippen LogP contribution is 2.32. The summed E-state index contributed by atoms with van der Waals surface area (Å²) in [6.45, 7) is 4.07. The third-order valence-electron chi connectivity index (χ3n) is 3.24. The van der Waals surface area contributed by atoms with Gasteiger partial charge in [-0.3, -0.25) is 4.68 Å². The Labute approximate surface area is 129 Å². The van der Waals surface area contributed by atoms with Crippen LogP contribution in [0, 0.1) is 0 Å². The maximum Gasteiger partial charge on any atom is 0.132 e. The highest BCUT2D eigenvalue weighted by molar-refractivity contribution is 6.30. The molecule has 0 aliphatic heterocycles. The lowest BCUT2D eigenvalue weighted by molar-refractivity contribution is 0.177. The lowest BCUT2D eigenvalue weighted by atomic mass is 9.97. The lowest BCUT2D eigenvalue weighted by Gasteiger charge is -2.13. The maximum absolute atomic E-state index is 10.5. The molecule has 20 heavy (non-hydrogen) atoms. The normalized spacial score (nSPS) is 12.9. The van der Waals surface area contributed by atoms with Crippen LogP contribution in [0.1, 0.15) is 42.7 Å². The number of aromatic nitrogens is 2. The molecule has 1 aromatic carbocycles. The van der Waals surface area contributed by atoms with Gasteiger partial charge in [0, 0.05) is 24.1 Å². The van der Waals surface area contributed by atoms with Crippen LogP contribution < -0.4 is 0 Å². The summed E-state index contributed by atoms with van der Waals surface area (Å²) in [5.74, 6) is 0.206. The molecule has 0 saturated carbocycles. The molecule has 0 aliphatic rings. The van der Waals surface area contributed by atoms with E-state index in [-0.39, 0.29) is 5.92 Å². The van der Waals surface area contributed by atoms with Crippen LogP contribution in [0.4, 0.5) is 0 Å². The van der Waals surface area contributed by atoms with Gasteiger partial charge in [-0.1, -0.05) is 49.2 Å². The Balaban J connectivity index is 2.31. The number of aliphatic hydroxyl groups is 1. The molecule has 1 heterocycles. The Kier molecular flexibility index (Phi) is 4.74. The fraction of sp³-hybridized carbons (Fsp3) is 0.400. The first-order valence-corrected chi connectivity index (χ1v) is 7.30. The quantitative estimate of drug-likeness (QED) is 0.922. The molecule has 108 valence electrons. The largest absolute Gasteiger partial charge is 0.388 e. The monoisotopic (exact) mass is 312 g/mol. The third-order valence-corrected chi connectivity index (χ3v) is 3.92. The van der Waals surface area contributed by atoms with E-state index in [4.69, 9.17) is 23.2 Å². The van der Waals surface area contributed by atoms with Gasteiger partial charge in [-0.05, 0) is 23.6 Å². The van der Waals surface area contributed by atoms with E-state index in [0.29, 0.717) is 22.2 Å². The number of aryl methyl sites for hydroxylation is 1. The number of halogens is 2. The minimum absolute atomic E-state index is 0.206. The fourth-order valence-corrected chi connectivity index (χ4v) is 2.74. The van der Waals surface area contributed by atoms with Gasteiger partial charge in [0.05, 0.1) is 11.8 Å².